The Balaban J connectivity index is 1.83. The molecule has 3 heterocycles. The van der Waals surface area contributed by atoms with Crippen molar-refractivity contribution >= 4 is 11.6 Å². The number of carbonyl (C=O) groups is 1. The second-order valence-electron chi connectivity index (χ2n) is 4.10. The van der Waals surface area contributed by atoms with Crippen molar-refractivity contribution in [3.8, 4) is 0 Å². The molecule has 0 saturated carbocycles. The maximum atomic E-state index is 12.1. The van der Waals surface area contributed by atoms with Gasteiger partial charge in [-0.2, -0.15) is 5.10 Å². The van der Waals surface area contributed by atoms with Crippen molar-refractivity contribution in [2.24, 2.45) is 0 Å². The van der Waals surface area contributed by atoms with Crippen molar-refractivity contribution in [2.75, 3.05) is 11.9 Å². The molecule has 18 heavy (non-hydrogen) atoms. The number of pyridine rings is 1. The number of rotatable bonds is 2. The van der Waals surface area contributed by atoms with E-state index < -0.39 is 0 Å². The Morgan fingerprint density at radius 2 is 2.39 bits per heavy atom. The van der Waals surface area contributed by atoms with Crippen molar-refractivity contribution in [1.82, 2.24) is 20.1 Å². The van der Waals surface area contributed by atoms with Gasteiger partial charge in [-0.15, -0.1) is 0 Å². The largest absolute Gasteiger partial charge is 0.320 e. The fourth-order valence-electron chi connectivity index (χ4n) is 2.01. The summed E-state index contributed by atoms with van der Waals surface area (Å²) in [6.45, 7) is 2.36. The van der Waals surface area contributed by atoms with Gasteiger partial charge in [-0.05, 0) is 12.1 Å². The predicted octanol–water partition coefficient (Wildman–Crippen LogP) is 0.634. The van der Waals surface area contributed by atoms with Gasteiger partial charge in [-0.1, -0.05) is 0 Å². The summed E-state index contributed by atoms with van der Waals surface area (Å²) < 4.78 is 1.87. The normalized spacial score (nSPS) is 14.0. The van der Waals surface area contributed by atoms with E-state index in [1.165, 1.54) is 0 Å². The van der Waals surface area contributed by atoms with Gasteiger partial charge in [-0.3, -0.25) is 14.5 Å². The van der Waals surface area contributed by atoms with Crippen molar-refractivity contribution in [3.63, 3.8) is 0 Å². The van der Waals surface area contributed by atoms with Crippen LogP contribution < -0.4 is 10.6 Å². The number of carbonyl (C=O) groups excluding carboxylic acids is 1. The zero-order valence-electron chi connectivity index (χ0n) is 9.76. The lowest BCUT2D eigenvalue weighted by molar-refractivity contribution is 0.102. The number of amides is 1. The number of hydrogen-bond acceptors (Lipinski definition) is 4. The highest BCUT2D eigenvalue weighted by molar-refractivity contribution is 6.04. The molecule has 2 N–H and O–H groups in total. The van der Waals surface area contributed by atoms with Gasteiger partial charge >= 0.3 is 0 Å². The van der Waals surface area contributed by atoms with Gasteiger partial charge in [0.15, 0.2) is 0 Å². The number of nitrogens with zero attached hydrogens (tertiary/aromatic N) is 3. The molecule has 0 aromatic carbocycles. The van der Waals surface area contributed by atoms with Crippen LogP contribution in [-0.2, 0) is 13.1 Å². The van der Waals surface area contributed by atoms with E-state index in [4.69, 9.17) is 0 Å². The highest BCUT2D eigenvalue weighted by atomic mass is 16.1. The molecule has 1 aliphatic rings. The predicted molar refractivity (Wildman–Crippen MR) is 66.1 cm³/mol. The van der Waals surface area contributed by atoms with Crippen LogP contribution in [0.3, 0.4) is 0 Å². The first-order chi connectivity index (χ1) is 8.84. The summed E-state index contributed by atoms with van der Waals surface area (Å²) >= 11 is 0. The molecule has 0 atom stereocenters. The molecule has 1 aliphatic heterocycles. The third-order valence-corrected chi connectivity index (χ3v) is 2.91. The molecule has 92 valence electrons. The molecular formula is C12H13N5O. The van der Waals surface area contributed by atoms with Crippen LogP contribution in [0.15, 0.2) is 30.7 Å². The monoisotopic (exact) mass is 243 g/mol. The van der Waals surface area contributed by atoms with Crippen LogP contribution in [-0.4, -0.2) is 27.2 Å². The zero-order valence-corrected chi connectivity index (χ0v) is 9.76. The Labute approximate surface area is 104 Å². The van der Waals surface area contributed by atoms with Crippen molar-refractivity contribution in [2.45, 2.75) is 13.1 Å². The summed E-state index contributed by atoms with van der Waals surface area (Å²) in [6, 6.07) is 3.59. The lowest BCUT2D eigenvalue weighted by atomic mass is 10.2. The van der Waals surface area contributed by atoms with E-state index in [2.05, 4.69) is 20.7 Å². The van der Waals surface area contributed by atoms with E-state index in [1.807, 2.05) is 4.68 Å². The van der Waals surface area contributed by atoms with Gasteiger partial charge in [-0.25, -0.2) is 0 Å². The molecule has 6 heteroatoms. The molecule has 0 saturated heterocycles. The van der Waals surface area contributed by atoms with E-state index in [1.54, 1.807) is 30.7 Å². The summed E-state index contributed by atoms with van der Waals surface area (Å²) in [7, 11) is 0. The SMILES string of the molecule is O=C(Nc1cccnc1)c1cnn2c1CNCC2. The van der Waals surface area contributed by atoms with E-state index in [0.717, 1.165) is 18.8 Å². The first-order valence-corrected chi connectivity index (χ1v) is 5.81. The molecule has 6 nitrogen and oxygen atoms in total. The third kappa shape index (κ3) is 1.98. The molecule has 2 aromatic heterocycles. The first kappa shape index (κ1) is 10.9. The van der Waals surface area contributed by atoms with E-state index >= 15 is 0 Å². The molecule has 0 spiro atoms. The molecule has 0 aliphatic carbocycles. The van der Waals surface area contributed by atoms with Gasteiger partial charge in [0.1, 0.15) is 0 Å². The smallest absolute Gasteiger partial charge is 0.259 e. The van der Waals surface area contributed by atoms with Crippen LogP contribution in [0.4, 0.5) is 5.69 Å². The Kier molecular flexibility index (Phi) is 2.77. The van der Waals surface area contributed by atoms with E-state index in [9.17, 15) is 4.79 Å². The average Bonchev–Trinajstić information content (AvgIpc) is 2.84. The summed E-state index contributed by atoms with van der Waals surface area (Å²) in [5.74, 6) is -0.145. The Morgan fingerprint density at radius 1 is 1.44 bits per heavy atom. The summed E-state index contributed by atoms with van der Waals surface area (Å²) in [5.41, 5.74) is 2.24. The van der Waals surface area contributed by atoms with Gasteiger partial charge < -0.3 is 10.6 Å². The highest BCUT2D eigenvalue weighted by Crippen LogP contribution is 2.13. The van der Waals surface area contributed by atoms with Gasteiger partial charge in [0.05, 0.1) is 35.9 Å². The topological polar surface area (TPSA) is 71.8 Å². The number of nitrogens with one attached hydrogen (secondary N) is 2. The number of anilines is 1. The van der Waals surface area contributed by atoms with Crippen LogP contribution in [0.25, 0.3) is 0 Å². The number of fused-ring (bicyclic) bond motifs is 1. The van der Waals surface area contributed by atoms with Crippen LogP contribution in [0, 0.1) is 0 Å². The summed E-state index contributed by atoms with van der Waals surface area (Å²) in [5, 5.41) is 10.3. The second kappa shape index (κ2) is 4.58. The van der Waals surface area contributed by atoms with Crippen molar-refractivity contribution in [1.29, 1.82) is 0 Å². The molecule has 3 rings (SSSR count). The second-order valence-corrected chi connectivity index (χ2v) is 4.10. The van der Waals surface area contributed by atoms with Crippen LogP contribution in [0.5, 0.6) is 0 Å². The Hall–Kier alpha value is -2.21. The van der Waals surface area contributed by atoms with Gasteiger partial charge in [0.25, 0.3) is 5.91 Å². The van der Waals surface area contributed by atoms with Gasteiger partial charge in [0, 0.05) is 19.3 Å². The third-order valence-electron chi connectivity index (χ3n) is 2.91. The van der Waals surface area contributed by atoms with Crippen molar-refractivity contribution in [3.05, 3.63) is 42.0 Å². The zero-order chi connectivity index (χ0) is 12.4. The number of aromatic nitrogens is 3. The van der Waals surface area contributed by atoms with E-state index in [0.29, 0.717) is 17.8 Å². The molecule has 0 fully saturated rings. The van der Waals surface area contributed by atoms with Crippen LogP contribution in [0.2, 0.25) is 0 Å². The number of hydrogen-bond donors (Lipinski definition) is 2. The first-order valence-electron chi connectivity index (χ1n) is 5.81. The van der Waals surface area contributed by atoms with Crippen LogP contribution >= 0.6 is 0 Å². The fourth-order valence-corrected chi connectivity index (χ4v) is 2.01. The molecule has 0 unspecified atom stereocenters. The highest BCUT2D eigenvalue weighted by Gasteiger charge is 2.19. The minimum Gasteiger partial charge on any atom is -0.320 e. The minimum absolute atomic E-state index is 0.145. The van der Waals surface area contributed by atoms with Crippen LogP contribution in [0.1, 0.15) is 16.1 Å². The molecule has 2 aromatic rings. The maximum Gasteiger partial charge on any atom is 0.259 e. The molecule has 0 bridgehead atoms. The average molecular weight is 243 g/mol. The quantitative estimate of drug-likeness (QED) is 0.811. The minimum atomic E-state index is -0.145. The summed E-state index contributed by atoms with van der Waals surface area (Å²) in [4.78, 5) is 16.1. The maximum absolute atomic E-state index is 12.1. The molecular weight excluding hydrogens is 230 g/mol. The Bertz CT molecular complexity index is 563. The lowest BCUT2D eigenvalue weighted by Crippen LogP contribution is -2.30. The fraction of sp³-hybridized carbons (Fsp3) is 0.250. The molecule has 1 amide bonds. The standard InChI is InChI=1S/C12H13N5O/c18-12(16-9-2-1-3-13-6-9)10-7-15-17-5-4-14-8-11(10)17/h1-3,6-7,14H,4-5,8H2,(H,16,18). The van der Waals surface area contributed by atoms with Crippen molar-refractivity contribution < 1.29 is 4.79 Å². The Morgan fingerprint density at radius 3 is 3.22 bits per heavy atom. The van der Waals surface area contributed by atoms with E-state index in [-0.39, 0.29) is 5.91 Å². The lowest BCUT2D eigenvalue weighted by Gasteiger charge is -2.15. The summed E-state index contributed by atoms with van der Waals surface area (Å²) in [6.07, 6.45) is 4.90. The van der Waals surface area contributed by atoms with Gasteiger partial charge in [0.2, 0.25) is 0 Å². The molecule has 0 radical (unpaired) electrons.